The van der Waals surface area contributed by atoms with Gasteiger partial charge in [0, 0.05) is 27.9 Å². The summed E-state index contributed by atoms with van der Waals surface area (Å²) in [5, 5.41) is 10.0. The molecule has 0 bridgehead atoms. The van der Waals surface area contributed by atoms with E-state index in [9.17, 15) is 10.1 Å². The maximum atomic E-state index is 13.4. The van der Waals surface area contributed by atoms with E-state index >= 15 is 0 Å². The second kappa shape index (κ2) is 7.20. The predicted octanol–water partition coefficient (Wildman–Crippen LogP) is 5.39. The molecular formula is C24H22BrN3O. The number of allylic oxidation sites excluding steroid dienone is 3. The van der Waals surface area contributed by atoms with Crippen molar-refractivity contribution in [2.75, 3.05) is 4.90 Å². The van der Waals surface area contributed by atoms with E-state index in [4.69, 9.17) is 5.73 Å². The van der Waals surface area contributed by atoms with Gasteiger partial charge in [0.2, 0.25) is 0 Å². The topological polar surface area (TPSA) is 70.1 Å². The van der Waals surface area contributed by atoms with Crippen molar-refractivity contribution in [3.8, 4) is 6.07 Å². The van der Waals surface area contributed by atoms with E-state index in [1.54, 1.807) is 0 Å². The molecule has 5 heteroatoms. The minimum absolute atomic E-state index is 0.0902. The van der Waals surface area contributed by atoms with Gasteiger partial charge in [0.25, 0.3) is 0 Å². The number of nitriles is 1. The predicted molar refractivity (Wildman–Crippen MR) is 118 cm³/mol. The fourth-order valence-corrected chi connectivity index (χ4v) is 4.64. The van der Waals surface area contributed by atoms with Gasteiger partial charge in [-0.25, -0.2) is 0 Å². The summed E-state index contributed by atoms with van der Waals surface area (Å²) in [6.07, 6.45) is 1.18. The van der Waals surface area contributed by atoms with Crippen LogP contribution < -0.4 is 10.6 Å². The largest absolute Gasteiger partial charge is 0.384 e. The van der Waals surface area contributed by atoms with Crippen LogP contribution in [0.4, 0.5) is 5.69 Å². The number of hydrogen-bond acceptors (Lipinski definition) is 4. The molecule has 0 radical (unpaired) electrons. The number of carbonyl (C=O) groups excluding carboxylic acids is 1. The van der Waals surface area contributed by atoms with Crippen molar-refractivity contribution in [3.63, 3.8) is 0 Å². The van der Waals surface area contributed by atoms with Crippen LogP contribution in [-0.2, 0) is 4.79 Å². The maximum absolute atomic E-state index is 13.4. The van der Waals surface area contributed by atoms with E-state index in [0.717, 1.165) is 21.4 Å². The third kappa shape index (κ3) is 3.38. The van der Waals surface area contributed by atoms with E-state index in [-0.39, 0.29) is 11.2 Å². The Balaban J connectivity index is 1.99. The highest BCUT2D eigenvalue weighted by molar-refractivity contribution is 9.10. The van der Waals surface area contributed by atoms with Crippen LogP contribution in [-0.4, -0.2) is 5.78 Å². The lowest BCUT2D eigenvalue weighted by atomic mass is 9.68. The first kappa shape index (κ1) is 19.5. The molecule has 0 fully saturated rings. The standard InChI is InChI=1S/C24H22BrN3O/c1-24(2)12-19-22(20(29)13-24)21(15-6-4-3-5-7-15)18(14-26)23(27)28(19)17-10-8-16(25)9-11-17/h3-11,21H,12-13,27H2,1-2H3/t21-/m1/s1. The van der Waals surface area contributed by atoms with Crippen molar-refractivity contribution < 1.29 is 4.79 Å². The first-order chi connectivity index (χ1) is 13.8. The van der Waals surface area contributed by atoms with Gasteiger partial charge in [-0.3, -0.25) is 9.69 Å². The molecule has 0 amide bonds. The van der Waals surface area contributed by atoms with Crippen molar-refractivity contribution in [1.82, 2.24) is 0 Å². The Morgan fingerprint density at radius 1 is 1.10 bits per heavy atom. The minimum atomic E-state index is -0.425. The zero-order chi connectivity index (χ0) is 20.8. The summed E-state index contributed by atoms with van der Waals surface area (Å²) in [5.41, 5.74) is 10.2. The Bertz CT molecular complexity index is 1080. The van der Waals surface area contributed by atoms with Gasteiger partial charge in [-0.05, 0) is 41.7 Å². The molecule has 0 saturated carbocycles. The molecule has 29 heavy (non-hydrogen) atoms. The Morgan fingerprint density at radius 3 is 2.38 bits per heavy atom. The molecular weight excluding hydrogens is 426 g/mol. The second-order valence-electron chi connectivity index (χ2n) is 8.37. The Labute approximate surface area is 179 Å². The average Bonchev–Trinajstić information content (AvgIpc) is 2.68. The van der Waals surface area contributed by atoms with Gasteiger partial charge in [0.1, 0.15) is 5.82 Å². The van der Waals surface area contributed by atoms with Crippen LogP contribution in [0.1, 0.15) is 38.2 Å². The normalized spacial score (nSPS) is 21.1. The molecule has 1 atom stereocenters. The molecule has 146 valence electrons. The van der Waals surface area contributed by atoms with Crippen molar-refractivity contribution in [2.24, 2.45) is 11.1 Å². The average molecular weight is 448 g/mol. The lowest BCUT2D eigenvalue weighted by molar-refractivity contribution is -0.118. The monoisotopic (exact) mass is 447 g/mol. The van der Waals surface area contributed by atoms with Crippen molar-refractivity contribution in [2.45, 2.75) is 32.6 Å². The molecule has 4 rings (SSSR count). The van der Waals surface area contributed by atoms with E-state index in [0.29, 0.717) is 29.8 Å². The van der Waals surface area contributed by atoms with Gasteiger partial charge in [-0.15, -0.1) is 0 Å². The fraction of sp³-hybridized carbons (Fsp3) is 0.250. The quantitative estimate of drug-likeness (QED) is 0.669. The molecule has 2 aromatic carbocycles. The smallest absolute Gasteiger partial charge is 0.162 e. The maximum Gasteiger partial charge on any atom is 0.162 e. The summed E-state index contributed by atoms with van der Waals surface area (Å²) in [6.45, 7) is 4.21. The number of halogens is 1. The van der Waals surface area contributed by atoms with E-state index in [1.165, 1.54) is 0 Å². The summed E-state index contributed by atoms with van der Waals surface area (Å²) in [4.78, 5) is 15.3. The molecule has 0 unspecified atom stereocenters. The number of carbonyl (C=O) groups is 1. The van der Waals surface area contributed by atoms with Crippen LogP contribution >= 0.6 is 15.9 Å². The van der Waals surface area contributed by atoms with Crippen LogP contribution in [0, 0.1) is 16.7 Å². The summed E-state index contributed by atoms with van der Waals surface area (Å²) in [6, 6.07) is 19.8. The molecule has 4 nitrogen and oxygen atoms in total. The molecule has 0 spiro atoms. The Hall–Kier alpha value is -2.84. The summed E-state index contributed by atoms with van der Waals surface area (Å²) < 4.78 is 0.956. The van der Waals surface area contributed by atoms with Gasteiger partial charge in [-0.2, -0.15) is 5.26 Å². The number of Topliss-reactive ketones (excluding diaryl/α,β-unsaturated/α-hetero) is 1. The highest BCUT2D eigenvalue weighted by atomic mass is 79.9. The molecule has 1 heterocycles. The van der Waals surface area contributed by atoms with Gasteiger partial charge in [-0.1, -0.05) is 60.1 Å². The second-order valence-corrected chi connectivity index (χ2v) is 9.28. The summed E-state index contributed by atoms with van der Waals surface area (Å²) in [7, 11) is 0. The van der Waals surface area contributed by atoms with E-state index < -0.39 is 5.92 Å². The highest BCUT2D eigenvalue weighted by Gasteiger charge is 2.44. The van der Waals surface area contributed by atoms with Crippen LogP contribution in [0.15, 0.2) is 81.7 Å². The summed E-state index contributed by atoms with van der Waals surface area (Å²) in [5.74, 6) is 0.0619. The van der Waals surface area contributed by atoms with Crippen LogP contribution in [0.2, 0.25) is 0 Å². The van der Waals surface area contributed by atoms with Gasteiger partial charge in [0.15, 0.2) is 5.78 Å². The molecule has 0 saturated heterocycles. The Morgan fingerprint density at radius 2 is 1.76 bits per heavy atom. The number of hydrogen-bond donors (Lipinski definition) is 1. The van der Waals surface area contributed by atoms with Gasteiger partial charge in [0.05, 0.1) is 17.6 Å². The number of rotatable bonds is 2. The lowest BCUT2D eigenvalue weighted by Crippen LogP contribution is -2.42. The number of nitrogens with two attached hydrogens (primary N) is 1. The molecule has 2 aliphatic rings. The van der Waals surface area contributed by atoms with Gasteiger partial charge >= 0.3 is 0 Å². The first-order valence-corrected chi connectivity index (χ1v) is 10.4. The molecule has 0 aromatic heterocycles. The van der Waals surface area contributed by atoms with Crippen molar-refractivity contribution in [1.29, 1.82) is 5.26 Å². The molecule has 2 aromatic rings. The van der Waals surface area contributed by atoms with Gasteiger partial charge < -0.3 is 5.73 Å². The molecule has 1 aliphatic carbocycles. The third-order valence-electron chi connectivity index (χ3n) is 5.60. The number of benzene rings is 2. The first-order valence-electron chi connectivity index (χ1n) is 9.59. The summed E-state index contributed by atoms with van der Waals surface area (Å²) >= 11 is 3.47. The minimum Gasteiger partial charge on any atom is -0.384 e. The van der Waals surface area contributed by atoms with Crippen LogP contribution in [0.5, 0.6) is 0 Å². The van der Waals surface area contributed by atoms with Crippen LogP contribution in [0.25, 0.3) is 0 Å². The molecule has 1 aliphatic heterocycles. The third-order valence-corrected chi connectivity index (χ3v) is 6.13. The lowest BCUT2D eigenvalue weighted by Gasteiger charge is -2.43. The van der Waals surface area contributed by atoms with Crippen molar-refractivity contribution >= 4 is 27.4 Å². The van der Waals surface area contributed by atoms with Crippen LogP contribution in [0.3, 0.4) is 0 Å². The number of ketones is 1. The molecule has 2 N–H and O–H groups in total. The highest BCUT2D eigenvalue weighted by Crippen LogP contribution is 2.50. The number of nitrogens with zero attached hydrogens (tertiary/aromatic N) is 2. The van der Waals surface area contributed by atoms with Crippen molar-refractivity contribution in [3.05, 3.63) is 87.3 Å². The Kier molecular flexibility index (Phi) is 4.84. The zero-order valence-electron chi connectivity index (χ0n) is 16.4. The van der Waals surface area contributed by atoms with E-state index in [2.05, 4.69) is 35.8 Å². The SMILES string of the molecule is CC1(C)CC(=O)C2=C(C1)N(c1ccc(Br)cc1)C(N)=C(C#N)[C@H]2c1ccccc1. The van der Waals surface area contributed by atoms with E-state index in [1.807, 2.05) is 59.5 Å². The zero-order valence-corrected chi connectivity index (χ0v) is 18.0. The fourth-order valence-electron chi connectivity index (χ4n) is 4.37. The number of anilines is 1.